The van der Waals surface area contributed by atoms with Crippen LogP contribution in [0, 0.1) is 0 Å². The Balaban J connectivity index is 1.60. The van der Waals surface area contributed by atoms with E-state index in [0.29, 0.717) is 33.3 Å². The van der Waals surface area contributed by atoms with E-state index in [1.165, 1.54) is 34.9 Å². The van der Waals surface area contributed by atoms with E-state index < -0.39 is 15.7 Å². The maximum Gasteiger partial charge on any atom is 0.276 e. The molecule has 0 fully saturated rings. The van der Waals surface area contributed by atoms with Crippen LogP contribution >= 0.6 is 11.8 Å². The number of thioether (sulfide) groups is 1. The van der Waals surface area contributed by atoms with Crippen molar-refractivity contribution in [2.45, 2.75) is 9.92 Å². The number of ether oxygens (including phenoxy) is 1. The smallest absolute Gasteiger partial charge is 0.276 e. The van der Waals surface area contributed by atoms with Crippen LogP contribution in [0.25, 0.3) is 16.8 Å². The Bertz CT molecular complexity index is 1430. The molecule has 0 spiro atoms. The number of rotatable bonds is 7. The SMILES string of the molecule is COc1ccc(-n2nc(SC)cc2C(=O)Nc2ncc(-c3ccccc3S(C)(=O)=O)cn2)cc1. The molecule has 4 rings (SSSR count). The summed E-state index contributed by atoms with van der Waals surface area (Å²) in [6, 6.07) is 15.5. The Morgan fingerprint density at radius 2 is 1.74 bits per heavy atom. The molecule has 34 heavy (non-hydrogen) atoms. The van der Waals surface area contributed by atoms with Gasteiger partial charge in [-0.2, -0.15) is 5.10 Å². The van der Waals surface area contributed by atoms with Gasteiger partial charge in [0, 0.05) is 35.8 Å². The van der Waals surface area contributed by atoms with Crippen LogP contribution in [0.15, 0.2) is 76.9 Å². The molecule has 9 nitrogen and oxygen atoms in total. The van der Waals surface area contributed by atoms with Crippen LogP contribution in [-0.2, 0) is 9.84 Å². The highest BCUT2D eigenvalue weighted by molar-refractivity contribution is 7.98. The van der Waals surface area contributed by atoms with Gasteiger partial charge in [-0.05, 0) is 36.6 Å². The van der Waals surface area contributed by atoms with Gasteiger partial charge < -0.3 is 4.74 Å². The minimum Gasteiger partial charge on any atom is -0.497 e. The zero-order valence-electron chi connectivity index (χ0n) is 18.6. The maximum absolute atomic E-state index is 13.0. The first kappa shape index (κ1) is 23.5. The van der Waals surface area contributed by atoms with Crippen molar-refractivity contribution in [1.82, 2.24) is 19.7 Å². The highest BCUT2D eigenvalue weighted by Gasteiger charge is 2.19. The lowest BCUT2D eigenvalue weighted by Gasteiger charge is -2.10. The summed E-state index contributed by atoms with van der Waals surface area (Å²) >= 11 is 1.42. The van der Waals surface area contributed by atoms with Gasteiger partial charge in [-0.1, -0.05) is 18.2 Å². The Morgan fingerprint density at radius 3 is 2.35 bits per heavy atom. The molecule has 0 saturated heterocycles. The minimum atomic E-state index is -3.43. The summed E-state index contributed by atoms with van der Waals surface area (Å²) in [4.78, 5) is 21.6. The normalized spacial score (nSPS) is 11.3. The summed E-state index contributed by atoms with van der Waals surface area (Å²) < 4.78 is 30.9. The third-order valence-electron chi connectivity index (χ3n) is 4.92. The zero-order valence-corrected chi connectivity index (χ0v) is 20.2. The number of hydrogen-bond donors (Lipinski definition) is 1. The zero-order chi connectivity index (χ0) is 24.3. The number of carbonyl (C=O) groups excluding carboxylic acids is 1. The first-order valence-electron chi connectivity index (χ1n) is 10.0. The molecule has 174 valence electrons. The second-order valence-corrected chi connectivity index (χ2v) is 10.0. The van der Waals surface area contributed by atoms with E-state index in [0.717, 1.165) is 6.26 Å². The molecule has 1 amide bonds. The quantitative estimate of drug-likeness (QED) is 0.386. The van der Waals surface area contributed by atoms with Crippen LogP contribution < -0.4 is 10.1 Å². The molecule has 0 radical (unpaired) electrons. The molecule has 2 aromatic heterocycles. The van der Waals surface area contributed by atoms with E-state index in [1.807, 2.05) is 6.26 Å². The Morgan fingerprint density at radius 1 is 1.06 bits per heavy atom. The molecule has 0 atom stereocenters. The van der Waals surface area contributed by atoms with Gasteiger partial charge in [0.1, 0.15) is 16.5 Å². The highest BCUT2D eigenvalue weighted by atomic mass is 32.2. The molecule has 0 aliphatic carbocycles. The molecule has 11 heteroatoms. The van der Waals surface area contributed by atoms with Crippen molar-refractivity contribution in [3.05, 3.63) is 72.7 Å². The average Bonchev–Trinajstić information content (AvgIpc) is 3.29. The fourth-order valence-electron chi connectivity index (χ4n) is 3.27. The number of nitrogens with zero attached hydrogens (tertiary/aromatic N) is 4. The first-order valence-corrected chi connectivity index (χ1v) is 13.1. The predicted octanol–water partition coefficient (Wildman–Crippen LogP) is 3.72. The van der Waals surface area contributed by atoms with Gasteiger partial charge in [0.2, 0.25) is 5.95 Å². The summed E-state index contributed by atoms with van der Waals surface area (Å²) in [6.45, 7) is 0. The van der Waals surface area contributed by atoms with Crippen LogP contribution in [0.4, 0.5) is 5.95 Å². The van der Waals surface area contributed by atoms with E-state index in [4.69, 9.17) is 4.74 Å². The number of methoxy groups -OCH3 is 1. The van der Waals surface area contributed by atoms with E-state index in [-0.39, 0.29) is 10.8 Å². The Kier molecular flexibility index (Phi) is 6.66. The van der Waals surface area contributed by atoms with Crippen molar-refractivity contribution >= 4 is 33.5 Å². The summed E-state index contributed by atoms with van der Waals surface area (Å²) in [5, 5.41) is 7.84. The van der Waals surface area contributed by atoms with Gasteiger partial charge in [-0.25, -0.2) is 23.1 Å². The largest absolute Gasteiger partial charge is 0.497 e. The van der Waals surface area contributed by atoms with Crippen molar-refractivity contribution in [1.29, 1.82) is 0 Å². The molecular weight excluding hydrogens is 474 g/mol. The third-order valence-corrected chi connectivity index (χ3v) is 6.69. The van der Waals surface area contributed by atoms with Gasteiger partial charge >= 0.3 is 0 Å². The van der Waals surface area contributed by atoms with Crippen molar-refractivity contribution in [2.24, 2.45) is 0 Å². The van der Waals surface area contributed by atoms with Crippen LogP contribution in [0.2, 0.25) is 0 Å². The lowest BCUT2D eigenvalue weighted by molar-refractivity contribution is 0.101. The van der Waals surface area contributed by atoms with Crippen molar-refractivity contribution in [3.63, 3.8) is 0 Å². The third kappa shape index (κ3) is 4.95. The minimum absolute atomic E-state index is 0.0822. The second-order valence-electron chi connectivity index (χ2n) is 7.20. The monoisotopic (exact) mass is 495 g/mol. The number of amides is 1. The predicted molar refractivity (Wildman–Crippen MR) is 130 cm³/mol. The molecule has 2 heterocycles. The fraction of sp³-hybridized carbons (Fsp3) is 0.130. The molecule has 0 aliphatic rings. The molecule has 0 saturated carbocycles. The number of sulfone groups is 1. The maximum atomic E-state index is 13.0. The topological polar surface area (TPSA) is 116 Å². The molecule has 0 bridgehead atoms. The average molecular weight is 496 g/mol. The molecule has 1 N–H and O–H groups in total. The van der Waals surface area contributed by atoms with Gasteiger partial charge in [0.15, 0.2) is 9.84 Å². The van der Waals surface area contributed by atoms with Gasteiger partial charge in [-0.3, -0.25) is 10.1 Å². The molecular formula is C23H21N5O4S2. The molecule has 0 aliphatic heterocycles. The van der Waals surface area contributed by atoms with E-state index in [2.05, 4.69) is 20.4 Å². The number of aromatic nitrogens is 4. The number of anilines is 1. The van der Waals surface area contributed by atoms with E-state index >= 15 is 0 Å². The summed E-state index contributed by atoms with van der Waals surface area (Å²) in [5.74, 6) is 0.338. The number of hydrogen-bond acceptors (Lipinski definition) is 8. The Labute approximate surface area is 201 Å². The van der Waals surface area contributed by atoms with Gasteiger partial charge in [0.25, 0.3) is 5.91 Å². The summed E-state index contributed by atoms with van der Waals surface area (Å²) in [7, 11) is -1.85. The molecule has 4 aromatic rings. The molecule has 2 aromatic carbocycles. The number of benzene rings is 2. The van der Waals surface area contributed by atoms with E-state index in [9.17, 15) is 13.2 Å². The first-order chi connectivity index (χ1) is 16.3. The lowest BCUT2D eigenvalue weighted by atomic mass is 10.1. The Hall–Kier alpha value is -3.70. The van der Waals surface area contributed by atoms with Crippen LogP contribution in [0.5, 0.6) is 5.75 Å². The van der Waals surface area contributed by atoms with E-state index in [1.54, 1.807) is 55.6 Å². The van der Waals surface area contributed by atoms with Crippen molar-refractivity contribution in [2.75, 3.05) is 24.9 Å². The van der Waals surface area contributed by atoms with Crippen LogP contribution in [0.1, 0.15) is 10.5 Å². The van der Waals surface area contributed by atoms with Crippen molar-refractivity contribution in [3.8, 4) is 22.6 Å². The fourth-order valence-corrected chi connectivity index (χ4v) is 4.57. The number of nitrogens with one attached hydrogen (secondary N) is 1. The van der Waals surface area contributed by atoms with Gasteiger partial charge in [-0.15, -0.1) is 11.8 Å². The summed E-state index contributed by atoms with van der Waals surface area (Å²) in [6.07, 6.45) is 5.97. The number of carbonyl (C=O) groups is 1. The van der Waals surface area contributed by atoms with Crippen LogP contribution in [0.3, 0.4) is 0 Å². The standard InChI is InChI=1S/C23H21N5O4S2/c1-32-17-10-8-16(9-11-17)28-19(12-21(27-28)33-2)22(29)26-23-24-13-15(14-25-23)18-6-4-5-7-20(18)34(3,30)31/h4-14H,1-3H3,(H,24,25,26,29). The highest BCUT2D eigenvalue weighted by Crippen LogP contribution is 2.27. The second kappa shape index (κ2) is 9.65. The van der Waals surface area contributed by atoms with Crippen LogP contribution in [-0.4, -0.2) is 53.7 Å². The molecule has 0 unspecified atom stereocenters. The van der Waals surface area contributed by atoms with Crippen molar-refractivity contribution < 1.29 is 17.9 Å². The van der Waals surface area contributed by atoms with Gasteiger partial charge in [0.05, 0.1) is 17.7 Å². The lowest BCUT2D eigenvalue weighted by Crippen LogP contribution is -2.18. The summed E-state index contributed by atoms with van der Waals surface area (Å²) in [5.41, 5.74) is 2.02.